The van der Waals surface area contributed by atoms with Crippen LogP contribution < -0.4 is 0 Å². The first-order valence-electron chi connectivity index (χ1n) is 25.5. The van der Waals surface area contributed by atoms with Gasteiger partial charge in [0.2, 0.25) is 0 Å². The van der Waals surface area contributed by atoms with Crippen molar-refractivity contribution in [3.05, 3.63) is 0 Å². The Morgan fingerprint density at radius 2 is 0.474 bits per heavy atom. The molecule has 0 rings (SSSR count). The SMILES string of the molecule is CCCCCCCCCCCCCCC[13C](=O)OCC(CO[13C](=O)CCCCCCCCCCCCCCC)O[13C](=O)CCCCCCCCCCCCCCC. The van der Waals surface area contributed by atoms with Crippen LogP contribution in [0.3, 0.4) is 0 Å². The second kappa shape index (κ2) is 47.1. The van der Waals surface area contributed by atoms with E-state index in [1.54, 1.807) is 0 Å². The van der Waals surface area contributed by atoms with Crippen molar-refractivity contribution in [1.82, 2.24) is 0 Å². The third-order valence-corrected chi connectivity index (χ3v) is 11.6. The van der Waals surface area contributed by atoms with Crippen LogP contribution in [0.4, 0.5) is 0 Å². The summed E-state index contributed by atoms with van der Waals surface area (Å²) in [5, 5.41) is 0. The molecule has 338 valence electrons. The minimum absolute atomic E-state index is 0.0619. The second-order valence-corrected chi connectivity index (χ2v) is 17.5. The zero-order valence-electron chi connectivity index (χ0n) is 38.6. The molecule has 0 saturated carbocycles. The number of carbonyl (C=O) groups excluding carboxylic acids is 3. The third-order valence-electron chi connectivity index (χ3n) is 11.6. The first-order chi connectivity index (χ1) is 28.0. The molecule has 0 fully saturated rings. The largest absolute Gasteiger partial charge is 0.462 e. The van der Waals surface area contributed by atoms with Gasteiger partial charge >= 0.3 is 17.9 Å². The van der Waals surface area contributed by atoms with E-state index in [2.05, 4.69) is 20.8 Å². The number of ether oxygens (including phenoxy) is 3. The second-order valence-electron chi connectivity index (χ2n) is 17.5. The number of esters is 3. The highest BCUT2D eigenvalue weighted by Crippen LogP contribution is 2.16. The van der Waals surface area contributed by atoms with Crippen molar-refractivity contribution < 1.29 is 28.6 Å². The van der Waals surface area contributed by atoms with E-state index in [4.69, 9.17) is 14.2 Å². The first-order valence-corrected chi connectivity index (χ1v) is 25.5. The fourth-order valence-electron chi connectivity index (χ4n) is 7.74. The van der Waals surface area contributed by atoms with E-state index in [-0.39, 0.29) is 31.1 Å². The smallest absolute Gasteiger partial charge is 0.306 e. The molecule has 0 aliphatic rings. The third kappa shape index (κ3) is 45.3. The average Bonchev–Trinajstić information content (AvgIpc) is 3.21. The summed E-state index contributed by atoms with van der Waals surface area (Å²) in [5.74, 6) is -0.842. The van der Waals surface area contributed by atoms with E-state index in [9.17, 15) is 14.4 Å². The van der Waals surface area contributed by atoms with Gasteiger partial charge in [0, 0.05) is 19.3 Å². The van der Waals surface area contributed by atoms with Gasteiger partial charge in [-0.15, -0.1) is 0 Å². The average molecular weight is 810 g/mol. The molecular formula is C51H98O6. The summed E-state index contributed by atoms with van der Waals surface area (Å²) < 4.78 is 16.8. The molecule has 6 nitrogen and oxygen atoms in total. The maximum Gasteiger partial charge on any atom is 0.306 e. The van der Waals surface area contributed by atoms with Gasteiger partial charge in [-0.2, -0.15) is 0 Å². The Hall–Kier alpha value is -1.59. The Morgan fingerprint density at radius 3 is 0.702 bits per heavy atom. The van der Waals surface area contributed by atoms with Crippen LogP contribution in [0.25, 0.3) is 0 Å². The lowest BCUT2D eigenvalue weighted by Gasteiger charge is -2.18. The molecule has 0 aliphatic carbocycles. The molecule has 0 bridgehead atoms. The molecule has 0 spiro atoms. The normalized spacial score (nSPS) is 11.4. The molecule has 0 heterocycles. The summed E-state index contributed by atoms with van der Waals surface area (Å²) in [5.41, 5.74) is 0. The summed E-state index contributed by atoms with van der Waals surface area (Å²) in [6.45, 7) is 6.67. The lowest BCUT2D eigenvalue weighted by atomic mass is 10.0. The van der Waals surface area contributed by atoms with E-state index in [0.29, 0.717) is 19.3 Å². The Bertz CT molecular complexity index is 798. The van der Waals surface area contributed by atoms with Crippen LogP contribution in [0.5, 0.6) is 0 Å². The van der Waals surface area contributed by atoms with Gasteiger partial charge in [-0.25, -0.2) is 0 Å². The predicted molar refractivity (Wildman–Crippen MR) is 243 cm³/mol. The van der Waals surface area contributed by atoms with Crippen LogP contribution in [0, 0.1) is 0 Å². The van der Waals surface area contributed by atoms with Crippen molar-refractivity contribution in [2.75, 3.05) is 13.2 Å². The topological polar surface area (TPSA) is 78.9 Å². The van der Waals surface area contributed by atoms with E-state index in [1.807, 2.05) is 0 Å². The van der Waals surface area contributed by atoms with Gasteiger partial charge in [-0.3, -0.25) is 14.4 Å². The highest BCUT2D eigenvalue weighted by Gasteiger charge is 2.19. The quantitative estimate of drug-likeness (QED) is 0.0264. The zero-order chi connectivity index (χ0) is 41.5. The van der Waals surface area contributed by atoms with E-state index in [1.165, 1.54) is 193 Å². The van der Waals surface area contributed by atoms with Crippen molar-refractivity contribution in [1.29, 1.82) is 0 Å². The Morgan fingerprint density at radius 1 is 0.281 bits per heavy atom. The Balaban J connectivity index is 4.31. The summed E-state index contributed by atoms with van der Waals surface area (Å²) in [7, 11) is 0. The van der Waals surface area contributed by atoms with Crippen molar-refractivity contribution in [2.24, 2.45) is 0 Å². The molecule has 0 amide bonds. The van der Waals surface area contributed by atoms with Gasteiger partial charge in [0.1, 0.15) is 13.2 Å². The van der Waals surface area contributed by atoms with Gasteiger partial charge in [0.15, 0.2) is 6.10 Å². The monoisotopic (exact) mass is 810 g/mol. The van der Waals surface area contributed by atoms with E-state index < -0.39 is 6.10 Å². The van der Waals surface area contributed by atoms with Crippen LogP contribution in [-0.4, -0.2) is 37.2 Å². The Kier molecular flexibility index (Phi) is 45.8. The van der Waals surface area contributed by atoms with Crippen molar-refractivity contribution in [3.8, 4) is 0 Å². The number of rotatable bonds is 47. The van der Waals surface area contributed by atoms with Crippen LogP contribution in [0.1, 0.15) is 290 Å². The maximum absolute atomic E-state index is 12.8. The van der Waals surface area contributed by atoms with E-state index >= 15 is 0 Å². The van der Waals surface area contributed by atoms with Crippen LogP contribution in [-0.2, 0) is 28.6 Å². The lowest BCUT2D eigenvalue weighted by molar-refractivity contribution is -0.167. The minimum atomic E-state index is -0.759. The summed E-state index contributed by atoms with van der Waals surface area (Å²) >= 11 is 0. The molecule has 0 radical (unpaired) electrons. The molecule has 6 heteroatoms. The number of carbonyl (C=O) groups is 3. The molecule has 0 N–H and O–H groups in total. The highest BCUT2D eigenvalue weighted by atomic mass is 16.7. The summed E-state index contributed by atoms with van der Waals surface area (Å²) in [6.07, 6.45) is 49.3. The van der Waals surface area contributed by atoms with Gasteiger partial charge in [0.05, 0.1) is 0 Å². The van der Waals surface area contributed by atoms with Gasteiger partial charge in [-0.05, 0) is 19.3 Å². The molecule has 57 heavy (non-hydrogen) atoms. The van der Waals surface area contributed by atoms with Gasteiger partial charge < -0.3 is 14.2 Å². The molecule has 0 unspecified atom stereocenters. The van der Waals surface area contributed by atoms with Gasteiger partial charge in [-0.1, -0.05) is 252 Å². The van der Waals surface area contributed by atoms with E-state index in [0.717, 1.165) is 57.8 Å². The summed E-state index contributed by atoms with van der Waals surface area (Å²) in [4.78, 5) is 37.9. The number of hydrogen-bond acceptors (Lipinski definition) is 6. The standard InChI is InChI=1S/C51H98O6/c1-4-7-10-13-16-19-22-25-28-31-34-37-40-43-49(52)55-46-48(57-51(54)45-42-39-36-33-30-27-24-21-18-15-12-9-6-3)47-56-50(53)44-41-38-35-32-29-26-23-20-17-14-11-8-5-2/h48H,4-47H2,1-3H3/i49+1,50+1,51+1. The van der Waals surface area contributed by atoms with Crippen LogP contribution >= 0.6 is 0 Å². The van der Waals surface area contributed by atoms with Crippen molar-refractivity contribution in [3.63, 3.8) is 0 Å². The molecular weight excluding hydrogens is 712 g/mol. The lowest BCUT2D eigenvalue weighted by Crippen LogP contribution is -2.30. The maximum atomic E-state index is 12.8. The zero-order valence-corrected chi connectivity index (χ0v) is 38.6. The van der Waals surface area contributed by atoms with Crippen molar-refractivity contribution >= 4 is 17.9 Å². The fraction of sp³-hybridized carbons (Fsp3) is 0.941. The molecule has 0 aromatic heterocycles. The molecule has 0 saturated heterocycles. The molecule has 0 atom stereocenters. The Labute approximate surface area is 355 Å². The van der Waals surface area contributed by atoms with Gasteiger partial charge in [0.25, 0.3) is 0 Å². The number of hydrogen-bond donors (Lipinski definition) is 0. The predicted octanol–water partition coefficient (Wildman–Crippen LogP) is 16.4. The van der Waals surface area contributed by atoms with Crippen LogP contribution in [0.15, 0.2) is 0 Å². The molecule has 0 aromatic carbocycles. The van der Waals surface area contributed by atoms with Crippen LogP contribution in [0.2, 0.25) is 0 Å². The molecule has 0 aromatic rings. The number of unbranched alkanes of at least 4 members (excludes halogenated alkanes) is 36. The first kappa shape index (κ1) is 55.4. The highest BCUT2D eigenvalue weighted by molar-refractivity contribution is 5.71. The minimum Gasteiger partial charge on any atom is -0.462 e. The van der Waals surface area contributed by atoms with Crippen molar-refractivity contribution in [2.45, 2.75) is 297 Å². The fourth-order valence-corrected chi connectivity index (χ4v) is 7.74. The molecule has 0 aliphatic heterocycles. The summed E-state index contributed by atoms with van der Waals surface area (Å²) in [6, 6.07) is 0.